The van der Waals surface area contributed by atoms with Crippen LogP contribution in [0.3, 0.4) is 0 Å². The molecule has 128 valence electrons. The van der Waals surface area contributed by atoms with Gasteiger partial charge < -0.3 is 0 Å². The van der Waals surface area contributed by atoms with Gasteiger partial charge in [0.25, 0.3) is 0 Å². The van der Waals surface area contributed by atoms with Crippen LogP contribution < -0.4 is 0 Å². The second-order valence-electron chi connectivity index (χ2n) is 10.2. The minimum atomic E-state index is -3.23. The molecular formula is C16H38BO3P. The van der Waals surface area contributed by atoms with Gasteiger partial charge in [-0.2, -0.15) is 0 Å². The fraction of sp³-hybridized carbons (Fsp3) is 1.00. The molecule has 3 nitrogen and oxygen atoms in total. The molecule has 0 bridgehead atoms. The molecule has 2 N–H and O–H groups in total. The summed E-state index contributed by atoms with van der Waals surface area (Å²) in [4.78, 5) is 0. The van der Waals surface area contributed by atoms with Crippen LogP contribution in [0.2, 0.25) is 0 Å². The van der Waals surface area contributed by atoms with Gasteiger partial charge in [-0.3, -0.25) is 0 Å². The van der Waals surface area contributed by atoms with Crippen LogP contribution in [0.15, 0.2) is 0 Å². The van der Waals surface area contributed by atoms with Crippen LogP contribution in [0.25, 0.3) is 0 Å². The molecule has 0 saturated heterocycles. The molecule has 0 saturated carbocycles. The zero-order valence-electron chi connectivity index (χ0n) is 16.3. The van der Waals surface area contributed by atoms with Gasteiger partial charge in [0.1, 0.15) is 0 Å². The van der Waals surface area contributed by atoms with E-state index in [0.29, 0.717) is 0 Å². The molecule has 0 heterocycles. The van der Waals surface area contributed by atoms with E-state index < -0.39 is 14.2 Å². The molecular weight excluding hydrogens is 282 g/mol. The molecule has 0 aromatic carbocycles. The monoisotopic (exact) mass is 320 g/mol. The molecule has 0 aliphatic heterocycles. The molecule has 0 aliphatic rings. The van der Waals surface area contributed by atoms with E-state index in [2.05, 4.69) is 83.1 Å². The van der Waals surface area contributed by atoms with E-state index in [1.165, 1.54) is 0 Å². The van der Waals surface area contributed by atoms with E-state index in [4.69, 9.17) is 4.44 Å². The Morgan fingerprint density at radius 2 is 0.762 bits per heavy atom. The van der Waals surface area contributed by atoms with Crippen LogP contribution in [0, 0.1) is 0 Å². The first-order valence-corrected chi connectivity index (χ1v) is 9.98. The summed E-state index contributed by atoms with van der Waals surface area (Å²) in [5.41, 5.74) is 0. The van der Waals surface area contributed by atoms with Gasteiger partial charge in [0.2, 0.25) is 0 Å². The summed E-state index contributed by atoms with van der Waals surface area (Å²) < 4.78 is 6.32. The Hall–Kier alpha value is 0.375. The predicted octanol–water partition coefficient (Wildman–Crippen LogP) is 4.63. The number of hydrogen-bond acceptors (Lipinski definition) is 3. The second kappa shape index (κ2) is 5.19. The Labute approximate surface area is 133 Å². The average Bonchev–Trinajstić information content (AvgIpc) is 2.04. The Bertz CT molecular complexity index is 311. The Morgan fingerprint density at radius 1 is 0.571 bits per heavy atom. The zero-order valence-corrected chi connectivity index (χ0v) is 17.2. The van der Waals surface area contributed by atoms with Crippen LogP contribution in [-0.2, 0) is 4.44 Å². The van der Waals surface area contributed by atoms with Crippen LogP contribution in [0.1, 0.15) is 83.1 Å². The topological polar surface area (TPSA) is 49.7 Å². The first-order valence-electron chi connectivity index (χ1n) is 7.83. The predicted molar refractivity (Wildman–Crippen MR) is 97.2 cm³/mol. The van der Waals surface area contributed by atoms with Gasteiger partial charge in [-0.05, 0) is 0 Å². The van der Waals surface area contributed by atoms with E-state index in [1.54, 1.807) is 0 Å². The van der Waals surface area contributed by atoms with Crippen molar-refractivity contribution in [2.75, 3.05) is 0 Å². The Kier molecular flexibility index (Phi) is 5.29. The molecule has 0 spiro atoms. The molecule has 0 unspecified atom stereocenters. The van der Waals surface area contributed by atoms with Crippen molar-refractivity contribution in [2.45, 2.75) is 104 Å². The third-order valence-corrected chi connectivity index (χ3v) is 16.3. The first kappa shape index (κ1) is 21.4. The van der Waals surface area contributed by atoms with Gasteiger partial charge in [0.05, 0.1) is 0 Å². The first-order chi connectivity index (χ1) is 8.77. The summed E-state index contributed by atoms with van der Waals surface area (Å²) in [6, 6.07) is 0. The maximum atomic E-state index is 9.87. The summed E-state index contributed by atoms with van der Waals surface area (Å²) in [6.07, 6.45) is 0. The third-order valence-electron chi connectivity index (χ3n) is 5.43. The van der Waals surface area contributed by atoms with Gasteiger partial charge in [-0.1, -0.05) is 0 Å². The third kappa shape index (κ3) is 2.33. The van der Waals surface area contributed by atoms with Crippen molar-refractivity contribution in [3.8, 4) is 0 Å². The fourth-order valence-corrected chi connectivity index (χ4v) is 20.6. The summed E-state index contributed by atoms with van der Waals surface area (Å²) in [5.74, 6) is 0. The standard InChI is InChI=1S/C16H38BO3P/c1-13(2,3)21(14(4,5)6,15(7,8)9,16(10,11)12)20-17(18)19/h18-19H,1-12H3. The Balaban J connectivity index is 7.30. The quantitative estimate of drug-likeness (QED) is 0.576. The van der Waals surface area contributed by atoms with Gasteiger partial charge in [-0.15, -0.1) is 0 Å². The molecule has 0 amide bonds. The fourth-order valence-electron chi connectivity index (χ4n) is 6.86. The van der Waals surface area contributed by atoms with E-state index >= 15 is 0 Å². The van der Waals surface area contributed by atoms with E-state index in [1.807, 2.05) is 0 Å². The van der Waals surface area contributed by atoms with Crippen LogP contribution in [0.4, 0.5) is 0 Å². The van der Waals surface area contributed by atoms with Crippen LogP contribution >= 0.6 is 6.83 Å². The number of rotatable bonds is 2. The zero-order chi connectivity index (χ0) is 17.7. The van der Waals surface area contributed by atoms with Crippen LogP contribution in [0.5, 0.6) is 0 Å². The van der Waals surface area contributed by atoms with Crippen molar-refractivity contribution in [2.24, 2.45) is 0 Å². The van der Waals surface area contributed by atoms with Crippen molar-refractivity contribution in [1.29, 1.82) is 0 Å². The summed E-state index contributed by atoms with van der Waals surface area (Å²) >= 11 is 0. The van der Waals surface area contributed by atoms with Gasteiger partial charge in [0.15, 0.2) is 0 Å². The summed E-state index contributed by atoms with van der Waals surface area (Å²) in [6.45, 7) is 23.0. The Morgan fingerprint density at radius 3 is 0.810 bits per heavy atom. The normalized spacial score (nSPS) is 17.3. The summed E-state index contributed by atoms with van der Waals surface area (Å²) in [5, 5.41) is 18.9. The molecule has 0 rings (SSSR count). The van der Waals surface area contributed by atoms with Crippen molar-refractivity contribution < 1.29 is 14.5 Å². The van der Waals surface area contributed by atoms with Crippen LogP contribution in [-0.4, -0.2) is 38.0 Å². The van der Waals surface area contributed by atoms with Gasteiger partial charge in [-0.25, -0.2) is 0 Å². The average molecular weight is 320 g/mol. The van der Waals surface area contributed by atoms with Crippen molar-refractivity contribution in [3.05, 3.63) is 0 Å². The molecule has 0 atom stereocenters. The van der Waals surface area contributed by atoms with E-state index in [0.717, 1.165) is 0 Å². The SMILES string of the molecule is CC(C)(C)P(OB(O)O)(C(C)(C)C)(C(C)(C)C)C(C)(C)C. The molecule has 21 heavy (non-hydrogen) atoms. The summed E-state index contributed by atoms with van der Waals surface area (Å²) in [7, 11) is -1.76. The number of hydrogen-bond donors (Lipinski definition) is 2. The minimum absolute atomic E-state index is 0.218. The van der Waals surface area contributed by atoms with E-state index in [-0.39, 0.29) is 20.6 Å². The molecule has 5 heteroatoms. The molecule has 0 radical (unpaired) electrons. The molecule has 0 aromatic heterocycles. The van der Waals surface area contributed by atoms with Crippen molar-refractivity contribution in [3.63, 3.8) is 0 Å². The van der Waals surface area contributed by atoms with Crippen molar-refractivity contribution in [1.82, 2.24) is 0 Å². The van der Waals surface area contributed by atoms with Crippen molar-refractivity contribution >= 4 is 14.2 Å². The van der Waals surface area contributed by atoms with Gasteiger partial charge >= 0.3 is 132 Å². The second-order valence-corrected chi connectivity index (χ2v) is 17.8. The van der Waals surface area contributed by atoms with E-state index in [9.17, 15) is 10.0 Å². The molecule has 0 fully saturated rings. The molecule has 0 aromatic rings. The maximum absolute atomic E-state index is 9.87. The van der Waals surface area contributed by atoms with Gasteiger partial charge in [0, 0.05) is 0 Å². The molecule has 0 aliphatic carbocycles.